The van der Waals surface area contributed by atoms with Gasteiger partial charge in [0.05, 0.1) is 0 Å². The molecule has 3 nitrogen and oxygen atoms in total. The molecule has 0 spiro atoms. The molecule has 5 unspecified atom stereocenters. The minimum absolute atomic E-state index is 0.00823. The van der Waals surface area contributed by atoms with Crippen molar-refractivity contribution < 1.29 is 9.53 Å². The molecule has 0 amide bonds. The van der Waals surface area contributed by atoms with Crippen molar-refractivity contribution >= 4 is 41.1 Å². The first kappa shape index (κ1) is 23.6. The summed E-state index contributed by atoms with van der Waals surface area (Å²) in [5.74, 6) is 0.0331. The molecule has 1 aliphatic carbocycles. The van der Waals surface area contributed by atoms with E-state index in [2.05, 4.69) is 12.2 Å². The quantitative estimate of drug-likeness (QED) is 0.471. The second kappa shape index (κ2) is 10.0. The van der Waals surface area contributed by atoms with Crippen LogP contribution >= 0.6 is 34.8 Å². The van der Waals surface area contributed by atoms with Gasteiger partial charge < -0.3 is 14.8 Å². The first-order valence-corrected chi connectivity index (χ1v) is 11.5. The van der Waals surface area contributed by atoms with Gasteiger partial charge in [0.1, 0.15) is 5.60 Å². The van der Waals surface area contributed by atoms with Gasteiger partial charge in [0, 0.05) is 33.6 Å². The van der Waals surface area contributed by atoms with Crippen LogP contribution in [0.1, 0.15) is 49.7 Å². The van der Waals surface area contributed by atoms with Gasteiger partial charge in [-0.05, 0) is 81.0 Å². The summed E-state index contributed by atoms with van der Waals surface area (Å²) in [6.07, 6.45) is 2.42. The van der Waals surface area contributed by atoms with E-state index < -0.39 is 5.60 Å². The van der Waals surface area contributed by atoms with Gasteiger partial charge in [-0.25, -0.2) is 0 Å². The highest BCUT2D eigenvalue weighted by atomic mass is 35.5. The maximum Gasteiger partial charge on any atom is 0.152 e. The first-order chi connectivity index (χ1) is 14.4. The fraction of sp³-hybridized carbons (Fsp3) is 0.458. The molecule has 0 aliphatic heterocycles. The molecule has 0 radical (unpaired) electrons. The normalized spacial score (nSPS) is 27.6. The molecule has 162 valence electrons. The molecule has 1 aliphatic rings. The zero-order valence-corrected chi connectivity index (χ0v) is 19.8. The van der Waals surface area contributed by atoms with Crippen molar-refractivity contribution in [2.45, 2.75) is 50.2 Å². The highest BCUT2D eigenvalue weighted by Gasteiger charge is 2.53. The Morgan fingerprint density at radius 3 is 2.40 bits per heavy atom. The number of hydrogen-bond donors (Lipinski definition) is 1. The summed E-state index contributed by atoms with van der Waals surface area (Å²) in [5.41, 5.74) is 1.30. The molecular weight excluding hydrogens is 441 g/mol. The van der Waals surface area contributed by atoms with E-state index in [1.165, 1.54) is 0 Å². The van der Waals surface area contributed by atoms with Gasteiger partial charge >= 0.3 is 0 Å². The Hall–Kier alpha value is -1.10. The predicted octanol–water partition coefficient (Wildman–Crippen LogP) is 6.51. The third kappa shape index (κ3) is 4.56. The van der Waals surface area contributed by atoms with Gasteiger partial charge in [-0.1, -0.05) is 53.0 Å². The van der Waals surface area contributed by atoms with E-state index in [1.54, 1.807) is 6.07 Å². The number of halogens is 3. The lowest BCUT2D eigenvalue weighted by Crippen LogP contribution is -2.56. The van der Waals surface area contributed by atoms with Crippen LogP contribution in [0.15, 0.2) is 42.5 Å². The van der Waals surface area contributed by atoms with Gasteiger partial charge in [-0.2, -0.15) is 0 Å². The molecule has 0 aromatic heterocycles. The second-order valence-corrected chi connectivity index (χ2v) is 9.28. The number of nitrogens with one attached hydrogen (secondary N) is 1. The minimum Gasteiger partial charge on any atom is -0.367 e. The van der Waals surface area contributed by atoms with Crippen molar-refractivity contribution in [2.24, 2.45) is 5.92 Å². The summed E-state index contributed by atoms with van der Waals surface area (Å²) < 4.78 is 6.18. The first-order valence-electron chi connectivity index (χ1n) is 10.3. The van der Waals surface area contributed by atoms with E-state index in [0.717, 1.165) is 23.8 Å². The number of carbonyl (C=O) groups excluding carboxylic acids is 1. The highest BCUT2D eigenvalue weighted by molar-refractivity contribution is 6.35. The van der Waals surface area contributed by atoms with Crippen LogP contribution < -0.4 is 5.32 Å². The largest absolute Gasteiger partial charge is 0.367 e. The standard InChI is InChI=1S/C24H28Cl3NO2/c1-4-30-24(14-29)12-11-20(19-10-9-18(26)13-21(19)27)22(23(24)15(2)28-3)16-5-7-17(25)8-6-16/h5-10,13-15,20,22-23,28H,4,11-12H2,1-3H3. The van der Waals surface area contributed by atoms with E-state index in [4.69, 9.17) is 39.5 Å². The van der Waals surface area contributed by atoms with Gasteiger partial charge in [0.25, 0.3) is 0 Å². The smallest absolute Gasteiger partial charge is 0.152 e. The maximum absolute atomic E-state index is 12.5. The molecule has 3 rings (SSSR count). The molecule has 2 aromatic carbocycles. The fourth-order valence-electron chi connectivity index (χ4n) is 5.08. The summed E-state index contributed by atoms with van der Waals surface area (Å²) in [6, 6.07) is 13.6. The number of ether oxygens (including phenoxy) is 1. The number of carbonyl (C=O) groups is 1. The van der Waals surface area contributed by atoms with Crippen molar-refractivity contribution in [3.05, 3.63) is 68.7 Å². The van der Waals surface area contributed by atoms with E-state index in [9.17, 15) is 4.79 Å². The Bertz CT molecular complexity index is 873. The molecule has 6 heteroatoms. The monoisotopic (exact) mass is 467 g/mol. The summed E-state index contributed by atoms with van der Waals surface area (Å²) in [4.78, 5) is 12.5. The summed E-state index contributed by atoms with van der Waals surface area (Å²) >= 11 is 19.0. The molecule has 5 atom stereocenters. The van der Waals surface area contributed by atoms with E-state index >= 15 is 0 Å². The van der Waals surface area contributed by atoms with E-state index in [1.807, 2.05) is 50.4 Å². The lowest BCUT2D eigenvalue weighted by molar-refractivity contribution is -0.151. The zero-order chi connectivity index (χ0) is 21.9. The SMILES string of the molecule is CCOC1(C=O)CCC(c2ccc(Cl)cc2Cl)C(c2ccc(Cl)cc2)C1C(C)NC. The number of aldehydes is 1. The lowest BCUT2D eigenvalue weighted by Gasteiger charge is -2.51. The molecule has 0 heterocycles. The molecule has 1 fully saturated rings. The number of benzene rings is 2. The van der Waals surface area contributed by atoms with Gasteiger partial charge in [-0.15, -0.1) is 0 Å². The summed E-state index contributed by atoms with van der Waals surface area (Å²) in [6.45, 7) is 4.52. The van der Waals surface area contributed by atoms with Crippen LogP contribution in [-0.4, -0.2) is 31.6 Å². The van der Waals surface area contributed by atoms with Crippen LogP contribution in [0.5, 0.6) is 0 Å². The van der Waals surface area contributed by atoms with E-state index in [0.29, 0.717) is 28.1 Å². The Morgan fingerprint density at radius 1 is 1.17 bits per heavy atom. The van der Waals surface area contributed by atoms with Gasteiger partial charge in [0.2, 0.25) is 0 Å². The van der Waals surface area contributed by atoms with Gasteiger partial charge in [-0.3, -0.25) is 0 Å². The van der Waals surface area contributed by atoms with Crippen LogP contribution in [0.25, 0.3) is 0 Å². The molecule has 0 bridgehead atoms. The highest BCUT2D eigenvalue weighted by Crippen LogP contribution is 2.54. The maximum atomic E-state index is 12.5. The van der Waals surface area contributed by atoms with Crippen molar-refractivity contribution in [2.75, 3.05) is 13.7 Å². The average molecular weight is 469 g/mol. The Morgan fingerprint density at radius 2 is 1.83 bits per heavy atom. The Balaban J connectivity index is 2.20. The topological polar surface area (TPSA) is 38.3 Å². The minimum atomic E-state index is -0.864. The predicted molar refractivity (Wildman–Crippen MR) is 125 cm³/mol. The average Bonchev–Trinajstić information content (AvgIpc) is 2.74. The van der Waals surface area contributed by atoms with Crippen LogP contribution in [-0.2, 0) is 9.53 Å². The molecule has 2 aromatic rings. The van der Waals surface area contributed by atoms with Crippen molar-refractivity contribution in [3.8, 4) is 0 Å². The fourth-order valence-corrected chi connectivity index (χ4v) is 5.75. The molecule has 30 heavy (non-hydrogen) atoms. The Labute approximate surface area is 194 Å². The summed E-state index contributed by atoms with van der Waals surface area (Å²) in [5, 5.41) is 5.31. The van der Waals surface area contributed by atoms with Crippen molar-refractivity contribution in [1.82, 2.24) is 5.32 Å². The van der Waals surface area contributed by atoms with Crippen molar-refractivity contribution in [3.63, 3.8) is 0 Å². The number of hydrogen-bond acceptors (Lipinski definition) is 3. The van der Waals surface area contributed by atoms with Gasteiger partial charge in [0.15, 0.2) is 6.29 Å². The van der Waals surface area contributed by atoms with Crippen LogP contribution in [0, 0.1) is 5.92 Å². The molecule has 1 saturated carbocycles. The van der Waals surface area contributed by atoms with Crippen LogP contribution in [0.2, 0.25) is 15.1 Å². The Kier molecular flexibility index (Phi) is 7.86. The van der Waals surface area contributed by atoms with E-state index in [-0.39, 0.29) is 23.8 Å². The van der Waals surface area contributed by atoms with Crippen LogP contribution in [0.4, 0.5) is 0 Å². The van der Waals surface area contributed by atoms with Crippen molar-refractivity contribution in [1.29, 1.82) is 0 Å². The number of rotatable bonds is 7. The molecule has 1 N–H and O–H groups in total. The molecule has 0 saturated heterocycles. The van der Waals surface area contributed by atoms with Crippen LogP contribution in [0.3, 0.4) is 0 Å². The third-order valence-electron chi connectivity index (χ3n) is 6.45. The summed E-state index contributed by atoms with van der Waals surface area (Å²) in [7, 11) is 1.92. The lowest BCUT2D eigenvalue weighted by atomic mass is 9.58. The molecular formula is C24H28Cl3NO2. The second-order valence-electron chi connectivity index (χ2n) is 8.00. The zero-order valence-electron chi connectivity index (χ0n) is 17.5. The third-order valence-corrected chi connectivity index (χ3v) is 7.27.